The Balaban J connectivity index is 1.61. The van der Waals surface area contributed by atoms with Crippen molar-refractivity contribution >= 4 is 33.3 Å². The number of carbonyl (C=O) groups excluding carboxylic acids is 1. The molecule has 0 bridgehead atoms. The summed E-state index contributed by atoms with van der Waals surface area (Å²) in [7, 11) is -3.55. The van der Waals surface area contributed by atoms with Crippen LogP contribution >= 0.6 is 11.8 Å². The Morgan fingerprint density at radius 2 is 1.57 bits per heavy atom. The first-order valence-electron chi connectivity index (χ1n) is 9.63. The number of thioether (sulfide) groups is 1. The highest BCUT2D eigenvalue weighted by Crippen LogP contribution is 2.23. The molecule has 30 heavy (non-hydrogen) atoms. The maximum atomic E-state index is 12.6. The molecule has 0 saturated carbocycles. The monoisotopic (exact) mass is 439 g/mol. The fraction of sp³-hybridized carbons (Fsp3) is 0.208. The van der Waals surface area contributed by atoms with Crippen LogP contribution in [0.15, 0.2) is 83.8 Å². The summed E-state index contributed by atoms with van der Waals surface area (Å²) in [4.78, 5) is 13.8. The quantitative estimate of drug-likeness (QED) is 0.447. The molecule has 0 saturated heterocycles. The summed E-state index contributed by atoms with van der Waals surface area (Å²) in [5.41, 5.74) is 3.51. The maximum Gasteiger partial charge on any atom is 0.232 e. The molecule has 0 amide bonds. The molecule has 6 heteroatoms. The van der Waals surface area contributed by atoms with E-state index in [0.717, 1.165) is 23.1 Å². The lowest BCUT2D eigenvalue weighted by Gasteiger charge is -2.22. The second kappa shape index (κ2) is 9.96. The van der Waals surface area contributed by atoms with Crippen molar-refractivity contribution in [2.75, 3.05) is 17.1 Å². The summed E-state index contributed by atoms with van der Waals surface area (Å²) in [6.07, 6.45) is 1.33. The summed E-state index contributed by atoms with van der Waals surface area (Å²) in [6, 6.07) is 25.3. The lowest BCUT2D eigenvalue weighted by Crippen LogP contribution is -2.35. The van der Waals surface area contributed by atoms with Crippen molar-refractivity contribution < 1.29 is 13.2 Å². The van der Waals surface area contributed by atoms with E-state index in [-0.39, 0.29) is 18.7 Å². The summed E-state index contributed by atoms with van der Waals surface area (Å²) < 4.78 is 25.6. The van der Waals surface area contributed by atoms with Gasteiger partial charge < -0.3 is 0 Å². The molecule has 156 valence electrons. The Kier molecular flexibility index (Phi) is 7.34. The fourth-order valence-corrected chi connectivity index (χ4v) is 4.81. The third-order valence-corrected chi connectivity index (χ3v) is 6.81. The van der Waals surface area contributed by atoms with Crippen molar-refractivity contribution in [1.29, 1.82) is 0 Å². The van der Waals surface area contributed by atoms with Crippen molar-refractivity contribution in [3.63, 3.8) is 0 Å². The van der Waals surface area contributed by atoms with Crippen LogP contribution in [0.3, 0.4) is 0 Å². The van der Waals surface area contributed by atoms with Crippen molar-refractivity contribution in [1.82, 2.24) is 0 Å². The van der Waals surface area contributed by atoms with Gasteiger partial charge >= 0.3 is 0 Å². The van der Waals surface area contributed by atoms with Crippen molar-refractivity contribution in [2.45, 2.75) is 24.0 Å². The van der Waals surface area contributed by atoms with Gasteiger partial charge in [-0.15, -0.1) is 11.8 Å². The summed E-state index contributed by atoms with van der Waals surface area (Å²) in [6.45, 7) is 1.72. The van der Waals surface area contributed by atoms with Crippen molar-refractivity contribution in [3.8, 4) is 0 Å². The third kappa shape index (κ3) is 6.47. The van der Waals surface area contributed by atoms with Crippen LogP contribution in [0.5, 0.6) is 0 Å². The number of sulfonamides is 1. The molecule has 0 N–H and O–H groups in total. The lowest BCUT2D eigenvalue weighted by atomic mass is 10.1. The lowest BCUT2D eigenvalue weighted by molar-refractivity contribution is -0.117. The molecule has 0 aliphatic carbocycles. The number of nitrogens with zero attached hydrogens (tertiary/aromatic N) is 1. The Labute approximate surface area is 183 Å². The molecule has 0 unspecified atom stereocenters. The average Bonchev–Trinajstić information content (AvgIpc) is 2.71. The van der Waals surface area contributed by atoms with E-state index >= 15 is 0 Å². The predicted molar refractivity (Wildman–Crippen MR) is 125 cm³/mol. The van der Waals surface area contributed by atoms with E-state index in [9.17, 15) is 13.2 Å². The number of benzene rings is 3. The molecule has 0 spiro atoms. The number of anilines is 1. The highest BCUT2D eigenvalue weighted by molar-refractivity contribution is 7.98. The van der Waals surface area contributed by atoms with E-state index in [4.69, 9.17) is 0 Å². The van der Waals surface area contributed by atoms with Crippen LogP contribution in [-0.4, -0.2) is 27.0 Å². The van der Waals surface area contributed by atoms with Gasteiger partial charge in [0.2, 0.25) is 10.0 Å². The number of hydrogen-bond donors (Lipinski definition) is 0. The molecule has 4 nitrogen and oxygen atoms in total. The predicted octanol–water partition coefficient (Wildman–Crippen LogP) is 4.87. The average molecular weight is 440 g/mol. The van der Waals surface area contributed by atoms with Crippen molar-refractivity contribution in [3.05, 3.63) is 95.6 Å². The number of ketones is 1. The van der Waals surface area contributed by atoms with Crippen LogP contribution in [0.1, 0.15) is 16.7 Å². The van der Waals surface area contributed by atoms with Gasteiger partial charge in [0.1, 0.15) is 0 Å². The molecule has 0 fully saturated rings. The standard InChI is InChI=1S/C24H25NO3S2/c1-19-7-6-8-22(15-19)25(30(2,27)28)17-23(26)16-20-11-13-21(14-12-20)18-29-24-9-4-3-5-10-24/h3-15H,16-18H2,1-2H3. The zero-order valence-electron chi connectivity index (χ0n) is 17.1. The van der Waals surface area contributed by atoms with E-state index in [2.05, 4.69) is 12.1 Å². The normalized spacial score (nSPS) is 11.3. The van der Waals surface area contributed by atoms with E-state index in [1.807, 2.05) is 55.5 Å². The summed E-state index contributed by atoms with van der Waals surface area (Å²) in [5, 5.41) is 0. The Bertz CT molecular complexity index is 1090. The van der Waals surface area contributed by atoms with Crippen LogP contribution in [0, 0.1) is 6.92 Å². The zero-order chi connectivity index (χ0) is 21.6. The molecule has 0 radical (unpaired) electrons. The van der Waals surface area contributed by atoms with Crippen LogP contribution in [0.2, 0.25) is 0 Å². The molecular formula is C24H25NO3S2. The molecule has 0 atom stereocenters. The van der Waals surface area contributed by atoms with E-state index < -0.39 is 10.0 Å². The second-order valence-electron chi connectivity index (χ2n) is 7.24. The van der Waals surface area contributed by atoms with Gasteiger partial charge in [-0.3, -0.25) is 9.10 Å². The van der Waals surface area contributed by atoms with Crippen molar-refractivity contribution in [2.24, 2.45) is 0 Å². The largest absolute Gasteiger partial charge is 0.297 e. The van der Waals surface area contributed by atoms with E-state index in [1.54, 1.807) is 30.0 Å². The fourth-order valence-electron chi connectivity index (χ4n) is 3.06. The minimum absolute atomic E-state index is 0.145. The molecule has 0 aliphatic heterocycles. The highest BCUT2D eigenvalue weighted by atomic mass is 32.2. The number of Topliss-reactive ketones (excluding diaryl/α,β-unsaturated/α-hetero) is 1. The Hall–Kier alpha value is -2.57. The van der Waals surface area contributed by atoms with Gasteiger partial charge in [-0.25, -0.2) is 8.42 Å². The third-order valence-electron chi connectivity index (χ3n) is 4.58. The van der Waals surface area contributed by atoms with Gasteiger partial charge in [0.15, 0.2) is 5.78 Å². The first kappa shape index (κ1) is 22.1. The highest BCUT2D eigenvalue weighted by Gasteiger charge is 2.21. The first-order chi connectivity index (χ1) is 14.3. The summed E-state index contributed by atoms with van der Waals surface area (Å²) in [5.74, 6) is 0.710. The molecule has 0 aromatic heterocycles. The number of rotatable bonds is 9. The SMILES string of the molecule is Cc1cccc(N(CC(=O)Cc2ccc(CSc3ccccc3)cc2)S(C)(=O)=O)c1. The van der Waals surface area contributed by atoms with E-state index in [1.165, 1.54) is 14.8 Å². The van der Waals surface area contributed by atoms with Crippen LogP contribution < -0.4 is 4.31 Å². The number of hydrogen-bond acceptors (Lipinski definition) is 4. The Morgan fingerprint density at radius 3 is 2.20 bits per heavy atom. The Morgan fingerprint density at radius 1 is 0.900 bits per heavy atom. The van der Waals surface area contributed by atoms with E-state index in [0.29, 0.717) is 5.69 Å². The molecule has 3 aromatic carbocycles. The van der Waals surface area contributed by atoms with Crippen LogP contribution in [0.4, 0.5) is 5.69 Å². The molecule has 3 aromatic rings. The molecule has 0 heterocycles. The molecular weight excluding hydrogens is 414 g/mol. The van der Waals surface area contributed by atoms with Crippen LogP contribution in [0.25, 0.3) is 0 Å². The van der Waals surface area contributed by atoms with Gasteiger partial charge in [0.05, 0.1) is 18.5 Å². The van der Waals surface area contributed by atoms with Gasteiger partial charge in [0.25, 0.3) is 0 Å². The molecule has 0 aliphatic rings. The van der Waals surface area contributed by atoms with Gasteiger partial charge in [0, 0.05) is 17.1 Å². The zero-order valence-corrected chi connectivity index (χ0v) is 18.7. The minimum Gasteiger partial charge on any atom is -0.297 e. The smallest absolute Gasteiger partial charge is 0.232 e. The van der Waals surface area contributed by atoms with Crippen LogP contribution in [-0.2, 0) is 27.0 Å². The minimum atomic E-state index is -3.55. The topological polar surface area (TPSA) is 54.5 Å². The molecule has 3 rings (SSSR count). The van der Waals surface area contributed by atoms with Gasteiger partial charge in [-0.05, 0) is 47.9 Å². The van der Waals surface area contributed by atoms with Gasteiger partial charge in [-0.1, -0.05) is 54.6 Å². The van der Waals surface area contributed by atoms with Gasteiger partial charge in [-0.2, -0.15) is 0 Å². The maximum absolute atomic E-state index is 12.6. The summed E-state index contributed by atoms with van der Waals surface area (Å²) >= 11 is 1.76. The first-order valence-corrected chi connectivity index (χ1v) is 12.5. The number of carbonyl (C=O) groups is 1. The second-order valence-corrected chi connectivity index (χ2v) is 10.2. The number of aryl methyl sites for hydroxylation is 1.